The van der Waals surface area contributed by atoms with Crippen molar-refractivity contribution in [1.82, 2.24) is 0 Å². The smallest absolute Gasteiger partial charge is 0.193 e. The minimum atomic E-state index is -0.437. The maximum Gasteiger partial charge on any atom is 0.193 e. The van der Waals surface area contributed by atoms with E-state index in [2.05, 4.69) is 45.7 Å². The molecule has 4 heteroatoms. The minimum absolute atomic E-state index is 0.141. The van der Waals surface area contributed by atoms with Gasteiger partial charge in [-0.3, -0.25) is 0 Å². The molecule has 0 aromatic rings. The van der Waals surface area contributed by atoms with Crippen LogP contribution >= 0.6 is 31.9 Å². The van der Waals surface area contributed by atoms with E-state index in [0.717, 1.165) is 26.1 Å². The Hall–Kier alpha value is 0.880. The molecule has 2 unspecified atom stereocenters. The zero-order valence-corrected chi connectivity index (χ0v) is 12.4. The Balaban J connectivity index is 2.12. The molecule has 1 heterocycles. The Morgan fingerprint density at radius 2 is 1.47 bits per heavy atom. The van der Waals surface area contributed by atoms with Gasteiger partial charge in [0.15, 0.2) is 5.79 Å². The van der Waals surface area contributed by atoms with Gasteiger partial charge in [0.2, 0.25) is 0 Å². The molecule has 0 N–H and O–H groups in total. The molecule has 0 aromatic carbocycles. The number of rotatable bonds is 0. The predicted octanol–water partition coefficient (Wildman–Crippen LogP) is 3.47. The highest BCUT2D eigenvalue weighted by molar-refractivity contribution is 9.10. The lowest BCUT2D eigenvalue weighted by molar-refractivity contribution is -0.301. The standard InChI is InChI=1S/C11H18Br2O2/c1-10(2)6-14-11(15-7-10)8(12)4-3-5-9(11)13/h8-9H,3-7H2,1-2H3. The molecule has 2 rings (SSSR count). The second-order valence-corrected chi connectivity index (χ2v) is 7.54. The van der Waals surface area contributed by atoms with Crippen molar-refractivity contribution in [3.05, 3.63) is 0 Å². The highest BCUT2D eigenvalue weighted by Crippen LogP contribution is 2.45. The molecule has 15 heavy (non-hydrogen) atoms. The van der Waals surface area contributed by atoms with Crippen molar-refractivity contribution in [2.75, 3.05) is 13.2 Å². The fraction of sp³-hybridized carbons (Fsp3) is 1.00. The van der Waals surface area contributed by atoms with Crippen molar-refractivity contribution in [2.24, 2.45) is 5.41 Å². The van der Waals surface area contributed by atoms with E-state index >= 15 is 0 Å². The summed E-state index contributed by atoms with van der Waals surface area (Å²) in [5.41, 5.74) is 0.141. The molecular weight excluding hydrogens is 324 g/mol. The van der Waals surface area contributed by atoms with Crippen LogP contribution in [0.15, 0.2) is 0 Å². The van der Waals surface area contributed by atoms with Gasteiger partial charge in [-0.15, -0.1) is 0 Å². The van der Waals surface area contributed by atoms with Crippen molar-refractivity contribution in [1.29, 1.82) is 0 Å². The van der Waals surface area contributed by atoms with E-state index in [0.29, 0.717) is 9.65 Å². The normalized spacial score (nSPS) is 39.2. The van der Waals surface area contributed by atoms with E-state index < -0.39 is 5.79 Å². The lowest BCUT2D eigenvalue weighted by atomic mass is 9.89. The number of hydrogen-bond acceptors (Lipinski definition) is 2. The van der Waals surface area contributed by atoms with Crippen LogP contribution < -0.4 is 0 Å². The molecule has 0 radical (unpaired) electrons. The largest absolute Gasteiger partial charge is 0.347 e. The molecule has 2 aliphatic rings. The van der Waals surface area contributed by atoms with E-state index in [9.17, 15) is 0 Å². The summed E-state index contributed by atoms with van der Waals surface area (Å²) in [5, 5.41) is 0. The quantitative estimate of drug-likeness (QED) is 0.628. The second-order valence-electron chi connectivity index (χ2n) is 5.33. The van der Waals surface area contributed by atoms with Crippen LogP contribution in [0.1, 0.15) is 33.1 Å². The first-order valence-corrected chi connectivity index (χ1v) is 7.35. The van der Waals surface area contributed by atoms with Gasteiger partial charge in [0.25, 0.3) is 0 Å². The minimum Gasteiger partial charge on any atom is -0.347 e. The molecule has 1 saturated carbocycles. The van der Waals surface area contributed by atoms with Gasteiger partial charge in [-0.25, -0.2) is 0 Å². The monoisotopic (exact) mass is 340 g/mol. The Kier molecular flexibility index (Phi) is 3.52. The number of alkyl halides is 2. The van der Waals surface area contributed by atoms with Crippen molar-refractivity contribution in [2.45, 2.75) is 48.6 Å². The summed E-state index contributed by atoms with van der Waals surface area (Å²) in [6.07, 6.45) is 3.48. The van der Waals surface area contributed by atoms with E-state index in [1.165, 1.54) is 6.42 Å². The summed E-state index contributed by atoms with van der Waals surface area (Å²) in [6.45, 7) is 5.90. The van der Waals surface area contributed by atoms with Gasteiger partial charge in [0, 0.05) is 5.41 Å². The van der Waals surface area contributed by atoms with E-state index in [1.54, 1.807) is 0 Å². The Morgan fingerprint density at radius 3 is 1.93 bits per heavy atom. The fourth-order valence-corrected chi connectivity index (χ4v) is 4.31. The average Bonchev–Trinajstić information content (AvgIpc) is 2.16. The van der Waals surface area contributed by atoms with Crippen molar-refractivity contribution < 1.29 is 9.47 Å². The third-order valence-electron chi connectivity index (χ3n) is 3.17. The van der Waals surface area contributed by atoms with Crippen molar-refractivity contribution in [3.63, 3.8) is 0 Å². The molecule has 1 saturated heterocycles. The molecule has 1 aliphatic heterocycles. The molecule has 0 amide bonds. The molecule has 88 valence electrons. The lowest BCUT2D eigenvalue weighted by Crippen LogP contribution is -2.59. The maximum atomic E-state index is 6.03. The van der Waals surface area contributed by atoms with Gasteiger partial charge in [0.05, 0.1) is 22.9 Å². The molecule has 2 nitrogen and oxygen atoms in total. The van der Waals surface area contributed by atoms with Crippen LogP contribution in [0, 0.1) is 5.41 Å². The Labute approximate surface area is 108 Å². The highest BCUT2D eigenvalue weighted by Gasteiger charge is 2.52. The maximum absolute atomic E-state index is 6.03. The number of ether oxygens (including phenoxy) is 2. The fourth-order valence-electron chi connectivity index (χ4n) is 2.14. The van der Waals surface area contributed by atoms with Crippen LogP contribution in [0.3, 0.4) is 0 Å². The van der Waals surface area contributed by atoms with E-state index in [-0.39, 0.29) is 5.41 Å². The molecular formula is C11H18Br2O2. The molecule has 1 spiro atoms. The third kappa shape index (κ3) is 2.28. The molecule has 2 atom stereocenters. The Bertz CT molecular complexity index is 221. The van der Waals surface area contributed by atoms with Gasteiger partial charge in [0.1, 0.15) is 0 Å². The highest BCUT2D eigenvalue weighted by atomic mass is 79.9. The van der Waals surface area contributed by atoms with Crippen LogP contribution in [-0.4, -0.2) is 28.7 Å². The number of halogens is 2. The van der Waals surface area contributed by atoms with Crippen LogP contribution in [0.5, 0.6) is 0 Å². The summed E-state index contributed by atoms with van der Waals surface area (Å²) in [6, 6.07) is 0. The summed E-state index contributed by atoms with van der Waals surface area (Å²) >= 11 is 7.41. The predicted molar refractivity (Wildman–Crippen MR) is 67.7 cm³/mol. The SMILES string of the molecule is CC1(C)COC2(OC1)C(Br)CCCC2Br. The van der Waals surface area contributed by atoms with Gasteiger partial charge in [-0.2, -0.15) is 0 Å². The third-order valence-corrected chi connectivity index (χ3v) is 5.36. The average molecular weight is 342 g/mol. The van der Waals surface area contributed by atoms with Gasteiger partial charge in [-0.05, 0) is 12.8 Å². The molecule has 0 aromatic heterocycles. The van der Waals surface area contributed by atoms with Crippen LogP contribution in [0.4, 0.5) is 0 Å². The van der Waals surface area contributed by atoms with Gasteiger partial charge >= 0.3 is 0 Å². The van der Waals surface area contributed by atoms with E-state index in [4.69, 9.17) is 9.47 Å². The first-order valence-electron chi connectivity index (χ1n) is 5.52. The van der Waals surface area contributed by atoms with Crippen LogP contribution in [-0.2, 0) is 9.47 Å². The summed E-state index contributed by atoms with van der Waals surface area (Å²) in [7, 11) is 0. The zero-order valence-electron chi connectivity index (χ0n) is 9.26. The first kappa shape index (κ1) is 12.3. The van der Waals surface area contributed by atoms with Crippen LogP contribution in [0.2, 0.25) is 0 Å². The van der Waals surface area contributed by atoms with Crippen molar-refractivity contribution >= 4 is 31.9 Å². The van der Waals surface area contributed by atoms with Gasteiger partial charge < -0.3 is 9.47 Å². The topological polar surface area (TPSA) is 18.5 Å². The molecule has 0 bridgehead atoms. The lowest BCUT2D eigenvalue weighted by Gasteiger charge is -2.50. The van der Waals surface area contributed by atoms with Gasteiger partial charge in [-0.1, -0.05) is 52.1 Å². The van der Waals surface area contributed by atoms with Crippen LogP contribution in [0.25, 0.3) is 0 Å². The van der Waals surface area contributed by atoms with Crippen molar-refractivity contribution in [3.8, 4) is 0 Å². The zero-order chi connectivity index (χ0) is 11.1. The summed E-state index contributed by atoms with van der Waals surface area (Å²) in [4.78, 5) is 0.610. The molecule has 1 aliphatic carbocycles. The summed E-state index contributed by atoms with van der Waals surface area (Å²) in [5.74, 6) is -0.437. The molecule has 2 fully saturated rings. The second kappa shape index (κ2) is 4.28. The van der Waals surface area contributed by atoms with E-state index in [1.807, 2.05) is 0 Å². The first-order chi connectivity index (χ1) is 6.96. The number of hydrogen-bond donors (Lipinski definition) is 0. The summed E-state index contributed by atoms with van der Waals surface area (Å²) < 4.78 is 12.1. The Morgan fingerprint density at radius 1 is 1.00 bits per heavy atom.